The summed E-state index contributed by atoms with van der Waals surface area (Å²) in [5.41, 5.74) is 0.689. The van der Waals surface area contributed by atoms with Gasteiger partial charge in [0, 0.05) is 23.2 Å². The number of carbonyl (C=O) groups excluding carboxylic acids is 2. The van der Waals surface area contributed by atoms with E-state index in [1.54, 1.807) is 19.1 Å². The fraction of sp³-hybridized carbons (Fsp3) is 0.355. The van der Waals surface area contributed by atoms with E-state index in [2.05, 4.69) is 5.32 Å². The molecule has 11 heteroatoms. The Bertz CT molecular complexity index is 1470. The first-order valence-electron chi connectivity index (χ1n) is 13.4. The van der Waals surface area contributed by atoms with Gasteiger partial charge < -0.3 is 19.7 Å². The number of rotatable bonds is 12. The van der Waals surface area contributed by atoms with Crippen molar-refractivity contribution >= 4 is 39.1 Å². The minimum Gasteiger partial charge on any atom is -0.493 e. The van der Waals surface area contributed by atoms with Crippen LogP contribution < -0.4 is 19.1 Å². The molecule has 226 valence electrons. The highest BCUT2D eigenvalue weighted by molar-refractivity contribution is 7.92. The minimum atomic E-state index is -4.29. The molecule has 0 unspecified atom stereocenters. The third kappa shape index (κ3) is 8.39. The van der Waals surface area contributed by atoms with Crippen LogP contribution in [0.3, 0.4) is 0 Å². The number of carbonyl (C=O) groups is 2. The van der Waals surface area contributed by atoms with E-state index in [0.717, 1.165) is 9.87 Å². The first-order chi connectivity index (χ1) is 19.8. The predicted molar refractivity (Wildman–Crippen MR) is 165 cm³/mol. The summed E-state index contributed by atoms with van der Waals surface area (Å²) in [7, 11) is -1.43. The van der Waals surface area contributed by atoms with E-state index in [9.17, 15) is 18.0 Å². The van der Waals surface area contributed by atoms with Gasteiger partial charge in [-0.05, 0) is 76.1 Å². The van der Waals surface area contributed by atoms with Gasteiger partial charge >= 0.3 is 0 Å². The van der Waals surface area contributed by atoms with Gasteiger partial charge in [0.2, 0.25) is 11.8 Å². The van der Waals surface area contributed by atoms with Gasteiger partial charge in [0.05, 0.1) is 24.8 Å². The van der Waals surface area contributed by atoms with Gasteiger partial charge in [-0.2, -0.15) is 0 Å². The molecule has 3 rings (SSSR count). The molecular weight excluding hydrogens is 578 g/mol. The second-order valence-corrected chi connectivity index (χ2v) is 13.0. The fourth-order valence-corrected chi connectivity index (χ4v) is 5.84. The number of nitrogens with one attached hydrogen (secondary N) is 1. The van der Waals surface area contributed by atoms with Crippen LogP contribution in [-0.4, -0.2) is 64.0 Å². The van der Waals surface area contributed by atoms with Crippen LogP contribution in [0.5, 0.6) is 11.5 Å². The van der Waals surface area contributed by atoms with Crippen molar-refractivity contribution in [3.05, 3.63) is 83.4 Å². The number of halogens is 1. The van der Waals surface area contributed by atoms with Crippen LogP contribution in [0.25, 0.3) is 0 Å². The normalized spacial score (nSPS) is 12.3. The number of hydrogen-bond acceptors (Lipinski definition) is 6. The maximum atomic E-state index is 14.1. The Balaban J connectivity index is 2.03. The summed E-state index contributed by atoms with van der Waals surface area (Å²) in [5, 5.41) is 3.33. The lowest BCUT2D eigenvalue weighted by Gasteiger charge is -2.33. The molecule has 0 saturated heterocycles. The van der Waals surface area contributed by atoms with Crippen LogP contribution in [0.4, 0.5) is 5.69 Å². The molecular formula is C31H38ClN3O6S. The Labute approximate surface area is 253 Å². The average molecular weight is 616 g/mol. The number of sulfonamides is 1. The molecule has 1 N–H and O–H groups in total. The van der Waals surface area contributed by atoms with Crippen LogP contribution >= 0.6 is 11.6 Å². The number of benzene rings is 3. The smallest absolute Gasteiger partial charge is 0.264 e. The molecule has 0 bridgehead atoms. The number of anilines is 1. The molecule has 0 aliphatic heterocycles. The zero-order valence-electron chi connectivity index (χ0n) is 24.8. The zero-order chi connectivity index (χ0) is 31.1. The molecule has 3 aromatic carbocycles. The maximum Gasteiger partial charge on any atom is 0.264 e. The fourth-order valence-electron chi connectivity index (χ4n) is 4.28. The summed E-state index contributed by atoms with van der Waals surface area (Å²) in [4.78, 5) is 28.5. The molecule has 0 heterocycles. The molecule has 3 aromatic rings. The van der Waals surface area contributed by atoms with Gasteiger partial charge in [0.1, 0.15) is 12.6 Å². The maximum absolute atomic E-state index is 14.1. The molecule has 42 heavy (non-hydrogen) atoms. The lowest BCUT2D eigenvalue weighted by Crippen LogP contribution is -2.55. The van der Waals surface area contributed by atoms with E-state index in [-0.39, 0.29) is 28.8 Å². The molecule has 1 atom stereocenters. The Morgan fingerprint density at radius 3 is 2.12 bits per heavy atom. The summed E-state index contributed by atoms with van der Waals surface area (Å²) >= 11 is 6.09. The van der Waals surface area contributed by atoms with E-state index in [1.165, 1.54) is 49.5 Å². The summed E-state index contributed by atoms with van der Waals surface area (Å²) in [6, 6.07) is 19.1. The second kappa shape index (κ2) is 13.9. The Kier molecular flexibility index (Phi) is 10.9. The number of hydrogen-bond donors (Lipinski definition) is 1. The Morgan fingerprint density at radius 2 is 1.55 bits per heavy atom. The standard InChI is InChI=1S/C31H38ClN3O6S/c1-22(30(37)33-31(2,3)4)34(19-18-23-10-8-7-9-11-23)29(36)21-35(25-14-12-24(32)13-15-25)42(38,39)26-16-17-27(40-5)28(20-26)41-6/h7-17,20,22H,18-19,21H2,1-6H3,(H,33,37)/t22-/m1/s1. The van der Waals surface area contributed by atoms with Gasteiger partial charge in [-0.1, -0.05) is 41.9 Å². The molecule has 0 radical (unpaired) electrons. The highest BCUT2D eigenvalue weighted by Gasteiger charge is 2.33. The van der Waals surface area contributed by atoms with Crippen molar-refractivity contribution in [3.63, 3.8) is 0 Å². The minimum absolute atomic E-state index is 0.0998. The van der Waals surface area contributed by atoms with Crippen molar-refractivity contribution in [2.24, 2.45) is 0 Å². The van der Waals surface area contributed by atoms with Crippen molar-refractivity contribution in [3.8, 4) is 11.5 Å². The molecule has 9 nitrogen and oxygen atoms in total. The van der Waals surface area contributed by atoms with Gasteiger partial charge in [-0.3, -0.25) is 13.9 Å². The van der Waals surface area contributed by atoms with Crippen LogP contribution in [0.1, 0.15) is 33.3 Å². The monoisotopic (exact) mass is 615 g/mol. The summed E-state index contributed by atoms with van der Waals surface area (Å²) in [6.45, 7) is 6.84. The van der Waals surface area contributed by atoms with E-state index >= 15 is 0 Å². The average Bonchev–Trinajstić information content (AvgIpc) is 2.95. The highest BCUT2D eigenvalue weighted by Crippen LogP contribution is 2.32. The quantitative estimate of drug-likeness (QED) is 0.310. The molecule has 0 aliphatic rings. The van der Waals surface area contributed by atoms with Crippen molar-refractivity contribution < 1.29 is 27.5 Å². The number of methoxy groups -OCH3 is 2. The summed E-state index contributed by atoms with van der Waals surface area (Å²) in [5.74, 6) is -0.305. The molecule has 0 saturated carbocycles. The molecule has 0 aliphatic carbocycles. The Morgan fingerprint density at radius 1 is 0.929 bits per heavy atom. The summed E-state index contributed by atoms with van der Waals surface area (Å²) in [6.07, 6.45) is 0.475. The molecule has 0 aromatic heterocycles. The van der Waals surface area contributed by atoms with E-state index < -0.39 is 34.1 Å². The van der Waals surface area contributed by atoms with Crippen molar-refractivity contribution in [1.82, 2.24) is 10.2 Å². The van der Waals surface area contributed by atoms with E-state index in [4.69, 9.17) is 21.1 Å². The highest BCUT2D eigenvalue weighted by atomic mass is 35.5. The summed E-state index contributed by atoms with van der Waals surface area (Å²) < 4.78 is 39.7. The van der Waals surface area contributed by atoms with Crippen molar-refractivity contribution in [2.45, 2.75) is 50.6 Å². The molecule has 2 amide bonds. The zero-order valence-corrected chi connectivity index (χ0v) is 26.3. The van der Waals surface area contributed by atoms with Crippen molar-refractivity contribution in [1.29, 1.82) is 0 Å². The predicted octanol–water partition coefficient (Wildman–Crippen LogP) is 4.93. The van der Waals surface area contributed by atoms with Gasteiger partial charge in [0.25, 0.3) is 10.0 Å². The molecule has 0 spiro atoms. The van der Waals surface area contributed by atoms with Crippen LogP contribution in [-0.2, 0) is 26.0 Å². The number of amides is 2. The lowest BCUT2D eigenvalue weighted by atomic mass is 10.1. The molecule has 0 fully saturated rings. The first-order valence-corrected chi connectivity index (χ1v) is 15.2. The van der Waals surface area contributed by atoms with Crippen molar-refractivity contribution in [2.75, 3.05) is 31.6 Å². The van der Waals surface area contributed by atoms with E-state index in [0.29, 0.717) is 17.2 Å². The largest absolute Gasteiger partial charge is 0.493 e. The first kappa shape index (κ1) is 32.8. The third-order valence-corrected chi connectivity index (χ3v) is 8.51. The van der Waals surface area contributed by atoms with Crippen LogP contribution in [0, 0.1) is 0 Å². The van der Waals surface area contributed by atoms with Gasteiger partial charge in [-0.15, -0.1) is 0 Å². The SMILES string of the molecule is COc1ccc(S(=O)(=O)N(CC(=O)N(CCc2ccccc2)[C@H](C)C(=O)NC(C)(C)C)c2ccc(Cl)cc2)cc1OC. The number of nitrogens with zero attached hydrogens (tertiary/aromatic N) is 2. The topological polar surface area (TPSA) is 105 Å². The Hall–Kier alpha value is -3.76. The van der Waals surface area contributed by atoms with Crippen LogP contribution in [0.2, 0.25) is 5.02 Å². The van der Waals surface area contributed by atoms with E-state index in [1.807, 2.05) is 51.1 Å². The number of ether oxygens (including phenoxy) is 2. The lowest BCUT2D eigenvalue weighted by molar-refractivity contribution is -0.139. The second-order valence-electron chi connectivity index (χ2n) is 10.7. The third-order valence-electron chi connectivity index (χ3n) is 6.49. The van der Waals surface area contributed by atoms with Crippen LogP contribution in [0.15, 0.2) is 77.7 Å². The van der Waals surface area contributed by atoms with Gasteiger partial charge in [-0.25, -0.2) is 8.42 Å². The van der Waals surface area contributed by atoms with Gasteiger partial charge in [0.15, 0.2) is 11.5 Å².